The molecular weight excluding hydrogens is 356 g/mol. The van der Waals surface area contributed by atoms with Crippen LogP contribution in [-0.2, 0) is 22.6 Å². The molecular formula is C21H22N4O3. The molecule has 7 nitrogen and oxygen atoms in total. The van der Waals surface area contributed by atoms with Crippen molar-refractivity contribution in [1.82, 2.24) is 14.9 Å². The van der Waals surface area contributed by atoms with Crippen molar-refractivity contribution in [2.24, 2.45) is 5.73 Å². The lowest BCUT2D eigenvalue weighted by Gasteiger charge is -2.22. The summed E-state index contributed by atoms with van der Waals surface area (Å²) in [4.78, 5) is 44.8. The molecule has 0 saturated heterocycles. The van der Waals surface area contributed by atoms with E-state index in [-0.39, 0.29) is 30.9 Å². The van der Waals surface area contributed by atoms with Crippen LogP contribution >= 0.6 is 0 Å². The van der Waals surface area contributed by atoms with Gasteiger partial charge in [-0.3, -0.25) is 14.4 Å². The van der Waals surface area contributed by atoms with E-state index in [1.807, 2.05) is 36.4 Å². The summed E-state index contributed by atoms with van der Waals surface area (Å²) in [5.41, 5.74) is 6.59. The van der Waals surface area contributed by atoms with Gasteiger partial charge in [-0.25, -0.2) is 4.98 Å². The number of aryl methyl sites for hydroxylation is 1. The Hall–Kier alpha value is -3.48. The molecule has 0 fully saturated rings. The largest absolute Gasteiger partial charge is 0.370 e. The second-order valence-electron chi connectivity index (χ2n) is 6.55. The lowest BCUT2D eigenvalue weighted by molar-refractivity contribution is -0.132. The summed E-state index contributed by atoms with van der Waals surface area (Å²) < 4.78 is 0. The highest BCUT2D eigenvalue weighted by Crippen LogP contribution is 2.10. The molecule has 0 saturated carbocycles. The number of benzene rings is 2. The van der Waals surface area contributed by atoms with Gasteiger partial charge < -0.3 is 15.6 Å². The molecule has 0 atom stereocenters. The number of amides is 2. The van der Waals surface area contributed by atoms with E-state index in [2.05, 4.69) is 9.97 Å². The number of primary amides is 1. The lowest BCUT2D eigenvalue weighted by Crippen LogP contribution is -2.34. The standard InChI is InChI=1S/C21H22N4O3/c22-18(26)12-13-25(14-15-6-2-1-3-7-15)20(27)11-10-19-23-17-9-5-4-8-16(17)21(28)24-19/h1-9H,10-14H2,(H2,22,26)(H,23,24,28). The van der Waals surface area contributed by atoms with Crippen LogP contribution in [0, 0.1) is 0 Å². The van der Waals surface area contributed by atoms with E-state index in [1.165, 1.54) is 0 Å². The van der Waals surface area contributed by atoms with E-state index in [0.29, 0.717) is 29.7 Å². The van der Waals surface area contributed by atoms with E-state index in [9.17, 15) is 14.4 Å². The molecule has 0 aliphatic carbocycles. The van der Waals surface area contributed by atoms with Gasteiger partial charge in [0.05, 0.1) is 10.9 Å². The number of aromatic nitrogens is 2. The molecule has 0 spiro atoms. The van der Waals surface area contributed by atoms with Crippen LogP contribution < -0.4 is 11.3 Å². The lowest BCUT2D eigenvalue weighted by atomic mass is 10.1. The van der Waals surface area contributed by atoms with Crippen LogP contribution in [0.4, 0.5) is 0 Å². The van der Waals surface area contributed by atoms with Crippen LogP contribution in [-0.4, -0.2) is 33.2 Å². The summed E-state index contributed by atoms with van der Waals surface area (Å²) in [6.45, 7) is 0.652. The van der Waals surface area contributed by atoms with E-state index in [1.54, 1.807) is 23.1 Å². The Labute approximate surface area is 162 Å². The zero-order valence-electron chi connectivity index (χ0n) is 15.4. The highest BCUT2D eigenvalue weighted by molar-refractivity contribution is 5.79. The molecule has 0 bridgehead atoms. The number of carbonyl (C=O) groups is 2. The number of para-hydroxylation sites is 1. The highest BCUT2D eigenvalue weighted by atomic mass is 16.2. The van der Waals surface area contributed by atoms with Crippen LogP contribution in [0.3, 0.4) is 0 Å². The van der Waals surface area contributed by atoms with Crippen molar-refractivity contribution >= 4 is 22.7 Å². The Morgan fingerprint density at radius 3 is 2.46 bits per heavy atom. The maximum atomic E-state index is 12.7. The van der Waals surface area contributed by atoms with Crippen LogP contribution in [0.15, 0.2) is 59.4 Å². The number of rotatable bonds is 8. The van der Waals surface area contributed by atoms with Crippen molar-refractivity contribution in [2.45, 2.75) is 25.8 Å². The molecule has 0 unspecified atom stereocenters. The minimum absolute atomic E-state index is 0.101. The van der Waals surface area contributed by atoms with Crippen molar-refractivity contribution < 1.29 is 9.59 Å². The Morgan fingerprint density at radius 2 is 1.71 bits per heavy atom. The van der Waals surface area contributed by atoms with Crippen molar-refractivity contribution in [1.29, 1.82) is 0 Å². The molecule has 3 N–H and O–H groups in total. The summed E-state index contributed by atoms with van der Waals surface area (Å²) in [5, 5.41) is 0.518. The Bertz CT molecular complexity index is 1030. The van der Waals surface area contributed by atoms with E-state index < -0.39 is 5.91 Å². The number of fused-ring (bicyclic) bond motifs is 1. The third-order valence-corrected chi connectivity index (χ3v) is 4.43. The minimum atomic E-state index is -0.452. The fraction of sp³-hybridized carbons (Fsp3) is 0.238. The predicted octanol–water partition coefficient (Wildman–Crippen LogP) is 1.76. The van der Waals surface area contributed by atoms with Crippen LogP contribution in [0.1, 0.15) is 24.2 Å². The second kappa shape index (κ2) is 8.94. The first-order chi connectivity index (χ1) is 13.5. The number of aromatic amines is 1. The molecule has 0 aliphatic rings. The average Bonchev–Trinajstić information content (AvgIpc) is 2.70. The maximum Gasteiger partial charge on any atom is 0.258 e. The van der Waals surface area contributed by atoms with Crippen molar-refractivity contribution in [3.05, 3.63) is 76.3 Å². The summed E-state index contributed by atoms with van der Waals surface area (Å²) >= 11 is 0. The summed E-state index contributed by atoms with van der Waals surface area (Å²) in [7, 11) is 0. The van der Waals surface area contributed by atoms with E-state index in [0.717, 1.165) is 5.56 Å². The summed E-state index contributed by atoms with van der Waals surface area (Å²) in [6, 6.07) is 16.6. The van der Waals surface area contributed by atoms with Gasteiger partial charge in [0.15, 0.2) is 0 Å². The van der Waals surface area contributed by atoms with Crippen LogP contribution in [0.25, 0.3) is 10.9 Å². The van der Waals surface area contributed by atoms with Gasteiger partial charge in [0.25, 0.3) is 5.56 Å². The van der Waals surface area contributed by atoms with Gasteiger partial charge >= 0.3 is 0 Å². The Morgan fingerprint density at radius 1 is 1.00 bits per heavy atom. The zero-order valence-corrected chi connectivity index (χ0v) is 15.4. The predicted molar refractivity (Wildman–Crippen MR) is 106 cm³/mol. The minimum Gasteiger partial charge on any atom is -0.370 e. The number of H-pyrrole nitrogens is 1. The molecule has 0 radical (unpaired) electrons. The first-order valence-electron chi connectivity index (χ1n) is 9.11. The molecule has 3 aromatic rings. The molecule has 7 heteroatoms. The number of hydrogen-bond acceptors (Lipinski definition) is 4. The molecule has 144 valence electrons. The van der Waals surface area contributed by atoms with Crippen molar-refractivity contribution in [3.8, 4) is 0 Å². The Balaban J connectivity index is 1.70. The van der Waals surface area contributed by atoms with Gasteiger partial charge in [0, 0.05) is 32.4 Å². The molecule has 28 heavy (non-hydrogen) atoms. The molecule has 2 amide bonds. The summed E-state index contributed by atoms with van der Waals surface area (Å²) in [6.07, 6.45) is 0.581. The summed E-state index contributed by atoms with van der Waals surface area (Å²) in [5.74, 6) is -0.112. The number of nitrogens with one attached hydrogen (secondary N) is 1. The van der Waals surface area contributed by atoms with Crippen molar-refractivity contribution in [3.63, 3.8) is 0 Å². The fourth-order valence-corrected chi connectivity index (χ4v) is 2.98. The number of nitrogens with zero attached hydrogens (tertiary/aromatic N) is 2. The molecule has 2 aromatic carbocycles. The zero-order chi connectivity index (χ0) is 19.9. The third-order valence-electron chi connectivity index (χ3n) is 4.43. The number of hydrogen-bond donors (Lipinski definition) is 2. The first kappa shape index (κ1) is 19.3. The smallest absolute Gasteiger partial charge is 0.258 e. The van der Waals surface area contributed by atoms with E-state index in [4.69, 9.17) is 5.73 Å². The van der Waals surface area contributed by atoms with E-state index >= 15 is 0 Å². The monoisotopic (exact) mass is 378 g/mol. The number of carbonyl (C=O) groups excluding carboxylic acids is 2. The van der Waals surface area contributed by atoms with Gasteiger partial charge in [-0.15, -0.1) is 0 Å². The average molecular weight is 378 g/mol. The van der Waals surface area contributed by atoms with Crippen molar-refractivity contribution in [2.75, 3.05) is 6.54 Å². The van der Waals surface area contributed by atoms with Gasteiger partial charge in [-0.05, 0) is 17.7 Å². The van der Waals surface area contributed by atoms with Gasteiger partial charge in [0.2, 0.25) is 11.8 Å². The topological polar surface area (TPSA) is 109 Å². The molecule has 0 aliphatic heterocycles. The second-order valence-corrected chi connectivity index (χ2v) is 6.55. The molecule has 3 rings (SSSR count). The SMILES string of the molecule is NC(=O)CCN(Cc1ccccc1)C(=O)CCc1nc2ccccc2c(=O)[nH]1. The van der Waals surface area contributed by atoms with Crippen LogP contribution in [0.5, 0.6) is 0 Å². The van der Waals surface area contributed by atoms with Gasteiger partial charge in [-0.2, -0.15) is 0 Å². The van der Waals surface area contributed by atoms with Gasteiger partial charge in [-0.1, -0.05) is 42.5 Å². The third kappa shape index (κ3) is 5.03. The molecule has 1 aromatic heterocycles. The Kier molecular flexibility index (Phi) is 6.16. The number of nitrogens with two attached hydrogens (primary N) is 1. The van der Waals surface area contributed by atoms with Crippen LogP contribution in [0.2, 0.25) is 0 Å². The maximum absolute atomic E-state index is 12.7. The normalized spacial score (nSPS) is 10.7. The first-order valence-corrected chi connectivity index (χ1v) is 9.11. The molecule has 1 heterocycles. The highest BCUT2D eigenvalue weighted by Gasteiger charge is 2.16. The quantitative estimate of drug-likeness (QED) is 0.622. The van der Waals surface area contributed by atoms with Gasteiger partial charge in [0.1, 0.15) is 5.82 Å². The fourth-order valence-electron chi connectivity index (χ4n) is 2.98.